The monoisotopic (exact) mass is 279 g/mol. The molecule has 2 aromatic heterocycles. The summed E-state index contributed by atoms with van der Waals surface area (Å²) in [5.41, 5.74) is 1.32. The molecule has 0 N–H and O–H groups in total. The smallest absolute Gasteiger partial charge is 0.261 e. The highest BCUT2D eigenvalue weighted by Gasteiger charge is 2.15. The Hall–Kier alpha value is -1.65. The lowest BCUT2D eigenvalue weighted by Gasteiger charge is -2.04. The predicted octanol–water partition coefficient (Wildman–Crippen LogP) is 3.90. The lowest BCUT2D eigenvalue weighted by atomic mass is 10.1. The lowest BCUT2D eigenvalue weighted by molar-refractivity contribution is 0.426. The zero-order valence-corrected chi connectivity index (χ0v) is 10.8. The number of benzene rings is 1. The molecule has 0 amide bonds. The molecular weight excluding hydrogens is 273 g/mol. The van der Waals surface area contributed by atoms with E-state index in [9.17, 15) is 0 Å². The van der Waals surface area contributed by atoms with Crippen molar-refractivity contribution in [3.05, 3.63) is 40.3 Å². The highest BCUT2D eigenvalue weighted by Crippen LogP contribution is 2.33. The Balaban J connectivity index is 2.36. The maximum Gasteiger partial charge on any atom is 0.261 e. The van der Waals surface area contributed by atoms with Crippen LogP contribution in [0, 0.1) is 6.92 Å². The second-order valence-electron chi connectivity index (χ2n) is 3.79. The van der Waals surface area contributed by atoms with Gasteiger partial charge in [-0.05, 0) is 19.1 Å². The molecule has 0 fully saturated rings. The van der Waals surface area contributed by atoms with E-state index in [4.69, 9.17) is 27.7 Å². The van der Waals surface area contributed by atoms with E-state index < -0.39 is 0 Å². The maximum atomic E-state index is 6.19. The average molecular weight is 280 g/mol. The quantitative estimate of drug-likeness (QED) is 0.678. The van der Waals surface area contributed by atoms with Crippen molar-refractivity contribution in [2.24, 2.45) is 0 Å². The number of aryl methyl sites for hydroxylation is 1. The molecule has 0 aliphatic heterocycles. The summed E-state index contributed by atoms with van der Waals surface area (Å²) in [7, 11) is 0. The highest BCUT2D eigenvalue weighted by molar-refractivity contribution is 6.35. The summed E-state index contributed by atoms with van der Waals surface area (Å²) in [4.78, 5) is 8.46. The second-order valence-corrected chi connectivity index (χ2v) is 4.64. The Morgan fingerprint density at radius 2 is 2.06 bits per heavy atom. The van der Waals surface area contributed by atoms with Gasteiger partial charge in [-0.1, -0.05) is 34.4 Å². The molecule has 0 aliphatic rings. The van der Waals surface area contributed by atoms with Gasteiger partial charge in [-0.15, -0.1) is 0 Å². The maximum absolute atomic E-state index is 6.19. The van der Waals surface area contributed by atoms with Crippen LogP contribution in [0.25, 0.3) is 22.4 Å². The van der Waals surface area contributed by atoms with Crippen molar-refractivity contribution in [3.63, 3.8) is 0 Å². The summed E-state index contributed by atoms with van der Waals surface area (Å²) in [6.07, 6.45) is 1.56. The first kappa shape index (κ1) is 11.4. The van der Waals surface area contributed by atoms with E-state index in [2.05, 4.69) is 15.1 Å². The number of halogens is 2. The van der Waals surface area contributed by atoms with Crippen molar-refractivity contribution in [1.82, 2.24) is 15.1 Å². The van der Waals surface area contributed by atoms with E-state index in [0.29, 0.717) is 32.8 Å². The van der Waals surface area contributed by atoms with Gasteiger partial charge in [0, 0.05) is 11.6 Å². The lowest BCUT2D eigenvalue weighted by Crippen LogP contribution is -1.87. The summed E-state index contributed by atoms with van der Waals surface area (Å²) in [6, 6.07) is 5.42. The van der Waals surface area contributed by atoms with Gasteiger partial charge in [0.1, 0.15) is 0 Å². The van der Waals surface area contributed by atoms with Gasteiger partial charge in [0.15, 0.2) is 5.82 Å². The number of fused-ring (bicyclic) bond motifs is 1. The van der Waals surface area contributed by atoms with Crippen LogP contribution in [0.5, 0.6) is 0 Å². The summed E-state index contributed by atoms with van der Waals surface area (Å²) in [5, 5.41) is 5.71. The normalized spacial score (nSPS) is 11.1. The van der Waals surface area contributed by atoms with Crippen LogP contribution in [0.2, 0.25) is 10.0 Å². The molecule has 18 heavy (non-hydrogen) atoms. The Kier molecular flexibility index (Phi) is 2.69. The van der Waals surface area contributed by atoms with Gasteiger partial charge in [0.2, 0.25) is 0 Å². The Morgan fingerprint density at radius 1 is 1.22 bits per heavy atom. The number of aromatic nitrogens is 3. The number of hydrogen-bond acceptors (Lipinski definition) is 4. The largest absolute Gasteiger partial charge is 0.334 e. The number of pyridine rings is 1. The molecule has 3 aromatic rings. The van der Waals surface area contributed by atoms with E-state index in [0.717, 1.165) is 5.39 Å². The SMILES string of the molecule is Cc1noc(-c2c(Cl)ccc3cc(Cl)cnc23)n1. The van der Waals surface area contributed by atoms with Crippen molar-refractivity contribution >= 4 is 34.1 Å². The van der Waals surface area contributed by atoms with Gasteiger partial charge in [-0.3, -0.25) is 4.98 Å². The van der Waals surface area contributed by atoms with Gasteiger partial charge < -0.3 is 4.52 Å². The van der Waals surface area contributed by atoms with Gasteiger partial charge in [-0.2, -0.15) is 4.98 Å². The third-order valence-electron chi connectivity index (χ3n) is 2.51. The van der Waals surface area contributed by atoms with E-state index in [1.807, 2.05) is 12.1 Å². The minimum absolute atomic E-state index is 0.359. The Morgan fingerprint density at radius 3 is 2.78 bits per heavy atom. The molecule has 0 atom stereocenters. The molecule has 0 saturated heterocycles. The van der Waals surface area contributed by atoms with Crippen LogP contribution in [-0.2, 0) is 0 Å². The van der Waals surface area contributed by atoms with Crippen LogP contribution in [0.15, 0.2) is 28.9 Å². The minimum atomic E-state index is 0.359. The first-order valence-corrected chi connectivity index (χ1v) is 5.95. The topological polar surface area (TPSA) is 51.8 Å². The summed E-state index contributed by atoms with van der Waals surface area (Å²) in [5.74, 6) is 0.907. The van der Waals surface area contributed by atoms with Gasteiger partial charge in [-0.25, -0.2) is 0 Å². The van der Waals surface area contributed by atoms with Crippen molar-refractivity contribution in [2.45, 2.75) is 6.92 Å². The third-order valence-corrected chi connectivity index (χ3v) is 3.03. The number of hydrogen-bond donors (Lipinski definition) is 0. The molecule has 0 radical (unpaired) electrons. The average Bonchev–Trinajstić information content (AvgIpc) is 2.76. The first-order valence-electron chi connectivity index (χ1n) is 5.19. The highest BCUT2D eigenvalue weighted by atomic mass is 35.5. The molecule has 2 heterocycles. The van der Waals surface area contributed by atoms with Crippen LogP contribution >= 0.6 is 23.2 Å². The molecule has 90 valence electrons. The zero-order chi connectivity index (χ0) is 12.7. The molecule has 0 unspecified atom stereocenters. The minimum Gasteiger partial charge on any atom is -0.334 e. The fourth-order valence-electron chi connectivity index (χ4n) is 1.75. The molecule has 6 heteroatoms. The van der Waals surface area contributed by atoms with Crippen LogP contribution in [0.3, 0.4) is 0 Å². The number of rotatable bonds is 1. The molecular formula is C12H7Cl2N3O. The molecule has 3 rings (SSSR count). The molecule has 1 aromatic carbocycles. The fourth-order valence-corrected chi connectivity index (χ4v) is 2.15. The fraction of sp³-hybridized carbons (Fsp3) is 0.0833. The van der Waals surface area contributed by atoms with E-state index in [1.54, 1.807) is 19.2 Å². The van der Waals surface area contributed by atoms with E-state index in [1.165, 1.54) is 0 Å². The molecule has 0 spiro atoms. The second kappa shape index (κ2) is 4.23. The van der Waals surface area contributed by atoms with Crippen LogP contribution in [0.4, 0.5) is 0 Å². The van der Waals surface area contributed by atoms with E-state index >= 15 is 0 Å². The standard InChI is InChI=1S/C12H7Cl2N3O/c1-6-16-12(18-17-6)10-9(14)3-2-7-4-8(13)5-15-11(7)10/h2-5H,1H3. The van der Waals surface area contributed by atoms with Crippen molar-refractivity contribution < 1.29 is 4.52 Å². The third kappa shape index (κ3) is 1.83. The van der Waals surface area contributed by atoms with Crippen molar-refractivity contribution in [3.8, 4) is 11.5 Å². The molecule has 4 nitrogen and oxygen atoms in total. The Labute approximate surface area is 113 Å². The van der Waals surface area contributed by atoms with Crippen LogP contribution < -0.4 is 0 Å². The van der Waals surface area contributed by atoms with E-state index in [-0.39, 0.29) is 0 Å². The van der Waals surface area contributed by atoms with Crippen LogP contribution in [0.1, 0.15) is 5.82 Å². The van der Waals surface area contributed by atoms with Crippen molar-refractivity contribution in [2.75, 3.05) is 0 Å². The predicted molar refractivity (Wildman–Crippen MR) is 69.8 cm³/mol. The summed E-state index contributed by atoms with van der Waals surface area (Å²) < 4.78 is 5.15. The molecule has 0 saturated carbocycles. The van der Waals surface area contributed by atoms with Gasteiger partial charge in [0.05, 0.1) is 21.1 Å². The van der Waals surface area contributed by atoms with Crippen LogP contribution in [-0.4, -0.2) is 15.1 Å². The Bertz CT molecular complexity index is 739. The number of nitrogens with zero attached hydrogens (tertiary/aromatic N) is 3. The van der Waals surface area contributed by atoms with Gasteiger partial charge in [0.25, 0.3) is 5.89 Å². The molecule has 0 aliphatic carbocycles. The first-order chi connectivity index (χ1) is 8.65. The molecule has 0 bridgehead atoms. The summed E-state index contributed by atoms with van der Waals surface area (Å²) in [6.45, 7) is 1.75. The summed E-state index contributed by atoms with van der Waals surface area (Å²) >= 11 is 12.1. The van der Waals surface area contributed by atoms with Crippen molar-refractivity contribution in [1.29, 1.82) is 0 Å². The van der Waals surface area contributed by atoms with Gasteiger partial charge >= 0.3 is 0 Å². The zero-order valence-electron chi connectivity index (χ0n) is 9.32.